The Kier molecular flexibility index (Phi) is 6.01. The molecule has 2 aliphatic rings. The summed E-state index contributed by atoms with van der Waals surface area (Å²) in [6.45, 7) is 2.53. The fourth-order valence-corrected chi connectivity index (χ4v) is 4.39. The zero-order valence-electron chi connectivity index (χ0n) is 17.9. The first-order chi connectivity index (χ1) is 14.9. The van der Waals surface area contributed by atoms with E-state index in [-0.39, 0.29) is 23.5 Å². The highest BCUT2D eigenvalue weighted by molar-refractivity contribution is 5.95. The largest absolute Gasteiger partial charge is 0.506 e. The van der Waals surface area contributed by atoms with E-state index in [0.717, 1.165) is 31.6 Å². The van der Waals surface area contributed by atoms with Crippen molar-refractivity contribution in [1.82, 2.24) is 24.8 Å². The van der Waals surface area contributed by atoms with Gasteiger partial charge in [0.1, 0.15) is 5.75 Å². The van der Waals surface area contributed by atoms with Gasteiger partial charge in [0.05, 0.1) is 23.4 Å². The molecule has 2 amide bonds. The van der Waals surface area contributed by atoms with Gasteiger partial charge in [-0.15, -0.1) is 0 Å². The summed E-state index contributed by atoms with van der Waals surface area (Å²) in [6, 6.07) is 3.24. The molecule has 0 aliphatic carbocycles. The normalized spacial score (nSPS) is 21.2. The molecule has 2 aliphatic heterocycles. The number of likely N-dealkylation sites (tertiary alicyclic amines) is 1. The number of piperidine rings is 1. The minimum absolute atomic E-state index is 0.0348. The number of aromatic nitrogens is 3. The number of pyridine rings is 1. The number of anilines is 1. The molecular weight excluding hydrogens is 396 g/mol. The number of carbonyl (C=O) groups excluding carboxylic acids is 2. The highest BCUT2D eigenvalue weighted by atomic mass is 16.3. The zero-order chi connectivity index (χ0) is 22.0. The third-order valence-electron chi connectivity index (χ3n) is 6.02. The van der Waals surface area contributed by atoms with Crippen molar-refractivity contribution in [3.8, 4) is 5.75 Å². The first-order valence-corrected chi connectivity index (χ1v) is 10.7. The first-order valence-electron chi connectivity index (χ1n) is 10.7. The Morgan fingerprint density at radius 2 is 1.90 bits per heavy atom. The van der Waals surface area contributed by atoms with Crippen LogP contribution < -0.4 is 4.90 Å². The number of rotatable bonds is 4. The second-order valence-electron chi connectivity index (χ2n) is 8.42. The Balaban J connectivity index is 1.61. The number of hydrogen-bond donors (Lipinski definition) is 1. The van der Waals surface area contributed by atoms with Crippen molar-refractivity contribution < 1.29 is 14.7 Å². The summed E-state index contributed by atoms with van der Waals surface area (Å²) < 4.78 is 0. The highest BCUT2D eigenvalue weighted by Crippen LogP contribution is 2.34. The van der Waals surface area contributed by atoms with Gasteiger partial charge < -0.3 is 19.8 Å². The molecule has 9 heteroatoms. The summed E-state index contributed by atoms with van der Waals surface area (Å²) in [6.07, 6.45) is 7.92. The maximum absolute atomic E-state index is 13.0. The van der Waals surface area contributed by atoms with Crippen molar-refractivity contribution in [2.75, 3.05) is 45.2 Å². The smallest absolute Gasteiger partial charge is 0.255 e. The lowest BCUT2D eigenvalue weighted by molar-refractivity contribution is -0.132. The van der Waals surface area contributed by atoms with Gasteiger partial charge in [-0.1, -0.05) is 0 Å². The van der Waals surface area contributed by atoms with Gasteiger partial charge in [0.15, 0.2) is 0 Å². The van der Waals surface area contributed by atoms with Crippen LogP contribution in [0.3, 0.4) is 0 Å². The second kappa shape index (κ2) is 8.87. The molecule has 1 N–H and O–H groups in total. The van der Waals surface area contributed by atoms with Gasteiger partial charge in [0.2, 0.25) is 11.9 Å². The van der Waals surface area contributed by atoms with Crippen LogP contribution in [0.5, 0.6) is 5.75 Å². The van der Waals surface area contributed by atoms with Crippen molar-refractivity contribution in [3.63, 3.8) is 0 Å². The van der Waals surface area contributed by atoms with Crippen LogP contribution in [-0.4, -0.2) is 81.9 Å². The van der Waals surface area contributed by atoms with E-state index in [2.05, 4.69) is 14.9 Å². The van der Waals surface area contributed by atoms with Crippen molar-refractivity contribution in [1.29, 1.82) is 0 Å². The molecular formula is C22H28N6O3. The summed E-state index contributed by atoms with van der Waals surface area (Å²) in [4.78, 5) is 44.6. The number of carbonyl (C=O) groups is 2. The van der Waals surface area contributed by atoms with Crippen LogP contribution in [0.25, 0.3) is 0 Å². The predicted molar refractivity (Wildman–Crippen MR) is 115 cm³/mol. The van der Waals surface area contributed by atoms with Crippen LogP contribution in [0.15, 0.2) is 30.7 Å². The van der Waals surface area contributed by atoms with Gasteiger partial charge in [-0.05, 0) is 31.4 Å². The van der Waals surface area contributed by atoms with Gasteiger partial charge in [0, 0.05) is 58.6 Å². The van der Waals surface area contributed by atoms with E-state index >= 15 is 0 Å². The lowest BCUT2D eigenvalue weighted by Gasteiger charge is -2.27. The molecule has 0 aromatic carbocycles. The maximum atomic E-state index is 13.0. The van der Waals surface area contributed by atoms with E-state index in [1.54, 1.807) is 30.1 Å². The predicted octanol–water partition coefficient (Wildman–Crippen LogP) is 1.51. The van der Waals surface area contributed by atoms with E-state index in [4.69, 9.17) is 4.98 Å². The highest BCUT2D eigenvalue weighted by Gasteiger charge is 2.42. The number of amides is 2. The van der Waals surface area contributed by atoms with Crippen LogP contribution in [0.1, 0.15) is 41.2 Å². The molecule has 0 spiro atoms. The van der Waals surface area contributed by atoms with Crippen LogP contribution in [-0.2, 0) is 4.79 Å². The zero-order valence-corrected chi connectivity index (χ0v) is 17.9. The molecule has 4 heterocycles. The van der Waals surface area contributed by atoms with Gasteiger partial charge in [-0.3, -0.25) is 14.6 Å². The lowest BCUT2D eigenvalue weighted by Crippen LogP contribution is -2.35. The Labute approximate surface area is 181 Å². The van der Waals surface area contributed by atoms with E-state index in [1.165, 1.54) is 24.9 Å². The molecule has 2 saturated heterocycles. The molecule has 31 heavy (non-hydrogen) atoms. The van der Waals surface area contributed by atoms with Crippen LogP contribution >= 0.6 is 0 Å². The molecule has 2 fully saturated rings. The second-order valence-corrected chi connectivity index (χ2v) is 8.42. The van der Waals surface area contributed by atoms with Crippen LogP contribution in [0.4, 0.5) is 5.95 Å². The number of hydrogen-bond acceptors (Lipinski definition) is 7. The first kappa shape index (κ1) is 21.0. The van der Waals surface area contributed by atoms with Crippen LogP contribution in [0, 0.1) is 5.92 Å². The number of aromatic hydroxyl groups is 1. The average Bonchev–Trinajstić information content (AvgIpc) is 3.24. The molecule has 2 aromatic heterocycles. The van der Waals surface area contributed by atoms with E-state index < -0.39 is 5.92 Å². The standard InChI is InChI=1S/C22H28N6O3/c1-26(2)21(31)18-14-28(20(30)15-10-16(29)12-23-11-15)13-17(18)19-6-7-24-22(25-19)27-8-4-3-5-9-27/h6-7,10-12,17-18,29H,3-5,8-9,13-14H2,1-2H3/t17-,18-/m0/s1. The van der Waals surface area contributed by atoms with E-state index in [1.807, 2.05) is 6.07 Å². The van der Waals surface area contributed by atoms with E-state index in [0.29, 0.717) is 24.6 Å². The van der Waals surface area contributed by atoms with Gasteiger partial charge in [-0.2, -0.15) is 0 Å². The van der Waals surface area contributed by atoms with Gasteiger partial charge in [-0.25, -0.2) is 9.97 Å². The fourth-order valence-electron chi connectivity index (χ4n) is 4.39. The topological polar surface area (TPSA) is 103 Å². The third-order valence-corrected chi connectivity index (χ3v) is 6.02. The molecule has 2 aromatic rings. The molecule has 0 bridgehead atoms. The molecule has 9 nitrogen and oxygen atoms in total. The van der Waals surface area contributed by atoms with Crippen molar-refractivity contribution in [2.24, 2.45) is 5.92 Å². The van der Waals surface area contributed by atoms with Crippen molar-refractivity contribution in [3.05, 3.63) is 42.0 Å². The van der Waals surface area contributed by atoms with Crippen molar-refractivity contribution in [2.45, 2.75) is 25.2 Å². The fraction of sp³-hybridized carbons (Fsp3) is 0.500. The summed E-state index contributed by atoms with van der Waals surface area (Å²) in [7, 11) is 3.45. The summed E-state index contributed by atoms with van der Waals surface area (Å²) in [5, 5.41) is 9.69. The SMILES string of the molecule is CN(C)C(=O)[C@H]1CN(C(=O)c2cncc(O)c2)C[C@@H]1c1ccnc(N2CCCCC2)n1. The summed E-state index contributed by atoms with van der Waals surface area (Å²) in [5.74, 6) is -0.288. The maximum Gasteiger partial charge on any atom is 0.255 e. The van der Waals surface area contributed by atoms with Gasteiger partial charge >= 0.3 is 0 Å². The molecule has 0 unspecified atom stereocenters. The summed E-state index contributed by atoms with van der Waals surface area (Å²) in [5.41, 5.74) is 1.08. The van der Waals surface area contributed by atoms with Crippen LogP contribution in [0.2, 0.25) is 0 Å². The Hall–Kier alpha value is -3.23. The van der Waals surface area contributed by atoms with E-state index in [9.17, 15) is 14.7 Å². The molecule has 2 atom stereocenters. The number of nitrogens with zero attached hydrogens (tertiary/aromatic N) is 6. The molecule has 4 rings (SSSR count). The molecule has 0 saturated carbocycles. The third kappa shape index (κ3) is 4.45. The monoisotopic (exact) mass is 424 g/mol. The molecule has 0 radical (unpaired) electrons. The van der Waals surface area contributed by atoms with Crippen molar-refractivity contribution >= 4 is 17.8 Å². The minimum Gasteiger partial charge on any atom is -0.506 e. The summed E-state index contributed by atoms with van der Waals surface area (Å²) >= 11 is 0. The lowest BCUT2D eigenvalue weighted by atomic mass is 9.91. The average molecular weight is 425 g/mol. The Bertz CT molecular complexity index is 960. The minimum atomic E-state index is -0.395. The molecule has 164 valence electrons. The Morgan fingerprint density at radius 3 is 2.61 bits per heavy atom. The Morgan fingerprint density at radius 1 is 1.13 bits per heavy atom. The quantitative estimate of drug-likeness (QED) is 0.794. The van der Waals surface area contributed by atoms with Gasteiger partial charge in [0.25, 0.3) is 5.91 Å².